The number of nitrogens with zero attached hydrogens (tertiary/aromatic N) is 5. The van der Waals surface area contributed by atoms with E-state index in [0.29, 0.717) is 5.56 Å². The Hall–Kier alpha value is -2.44. The molecule has 3 heterocycles. The van der Waals surface area contributed by atoms with Gasteiger partial charge in [-0.25, -0.2) is 9.97 Å². The van der Waals surface area contributed by atoms with Gasteiger partial charge in [-0.3, -0.25) is 9.48 Å². The molecule has 7 heteroatoms. The van der Waals surface area contributed by atoms with Gasteiger partial charge in [0.15, 0.2) is 0 Å². The van der Waals surface area contributed by atoms with Gasteiger partial charge < -0.3 is 10.2 Å². The van der Waals surface area contributed by atoms with Crippen molar-refractivity contribution in [3.63, 3.8) is 0 Å². The van der Waals surface area contributed by atoms with Gasteiger partial charge in [0.05, 0.1) is 17.8 Å². The van der Waals surface area contributed by atoms with Crippen LogP contribution in [0, 0.1) is 0 Å². The fourth-order valence-corrected chi connectivity index (χ4v) is 2.39. The van der Waals surface area contributed by atoms with E-state index in [9.17, 15) is 4.79 Å². The van der Waals surface area contributed by atoms with Crippen LogP contribution in [-0.2, 0) is 0 Å². The maximum atomic E-state index is 11.5. The maximum absolute atomic E-state index is 11.5. The molecule has 3 rings (SSSR count). The molecule has 0 radical (unpaired) electrons. The summed E-state index contributed by atoms with van der Waals surface area (Å²) in [5.41, 5.74) is 0.585. The number of carbonyl (C=O) groups is 1. The minimum atomic E-state index is -0.113. The van der Waals surface area contributed by atoms with Gasteiger partial charge in [-0.1, -0.05) is 0 Å². The summed E-state index contributed by atoms with van der Waals surface area (Å²) in [4.78, 5) is 22.2. The lowest BCUT2D eigenvalue weighted by Gasteiger charge is -2.15. The average Bonchev–Trinajstić information content (AvgIpc) is 3.16. The molecule has 0 aliphatic carbocycles. The molecule has 0 aromatic carbocycles. The van der Waals surface area contributed by atoms with Crippen molar-refractivity contribution in [1.29, 1.82) is 0 Å². The van der Waals surface area contributed by atoms with Gasteiger partial charge in [0.25, 0.3) is 5.91 Å². The Balaban J connectivity index is 1.71. The van der Waals surface area contributed by atoms with Gasteiger partial charge in [-0.05, 0) is 12.5 Å². The largest absolute Gasteiger partial charge is 0.355 e. The number of amides is 1. The Labute approximate surface area is 116 Å². The summed E-state index contributed by atoms with van der Waals surface area (Å²) < 4.78 is 1.85. The van der Waals surface area contributed by atoms with Gasteiger partial charge in [-0.15, -0.1) is 0 Å². The quantitative estimate of drug-likeness (QED) is 0.879. The minimum Gasteiger partial charge on any atom is -0.355 e. The zero-order chi connectivity index (χ0) is 13.9. The van der Waals surface area contributed by atoms with Crippen LogP contribution in [-0.4, -0.2) is 45.8 Å². The summed E-state index contributed by atoms with van der Waals surface area (Å²) in [6.07, 6.45) is 7.84. The first-order valence-electron chi connectivity index (χ1n) is 6.56. The number of carbonyl (C=O) groups excluding carboxylic acids is 1. The first kappa shape index (κ1) is 12.6. The average molecular weight is 272 g/mol. The third-order valence-electron chi connectivity index (χ3n) is 3.46. The minimum absolute atomic E-state index is 0.113. The summed E-state index contributed by atoms with van der Waals surface area (Å²) in [5.74, 6) is 0.631. The van der Waals surface area contributed by atoms with E-state index in [2.05, 4.69) is 25.3 Å². The first-order chi connectivity index (χ1) is 9.78. The number of nitrogens with one attached hydrogen (secondary N) is 1. The van der Waals surface area contributed by atoms with Crippen molar-refractivity contribution in [3.8, 4) is 0 Å². The van der Waals surface area contributed by atoms with E-state index in [-0.39, 0.29) is 11.9 Å². The van der Waals surface area contributed by atoms with E-state index >= 15 is 0 Å². The summed E-state index contributed by atoms with van der Waals surface area (Å²) in [7, 11) is 1.61. The van der Waals surface area contributed by atoms with E-state index in [4.69, 9.17) is 0 Å². The van der Waals surface area contributed by atoms with E-state index in [0.717, 1.165) is 25.5 Å². The molecule has 2 aromatic rings. The van der Waals surface area contributed by atoms with E-state index in [1.807, 2.05) is 4.68 Å². The standard InChI is InChI=1S/C13H16N6O/c1-14-12(20)10-7-17-19(8-10)11-3-6-18(9-11)13-15-4-2-5-16-13/h2,4-5,7-8,11H,3,6,9H2,1H3,(H,14,20). The van der Waals surface area contributed by atoms with Crippen molar-refractivity contribution in [3.05, 3.63) is 36.4 Å². The van der Waals surface area contributed by atoms with Crippen molar-refractivity contribution in [2.24, 2.45) is 0 Å². The first-order valence-corrected chi connectivity index (χ1v) is 6.56. The van der Waals surface area contributed by atoms with Crippen LogP contribution >= 0.6 is 0 Å². The molecule has 1 aliphatic rings. The van der Waals surface area contributed by atoms with Crippen molar-refractivity contribution < 1.29 is 4.79 Å². The third kappa shape index (κ3) is 2.34. The van der Waals surface area contributed by atoms with Crippen LogP contribution in [0.25, 0.3) is 0 Å². The molecule has 1 fully saturated rings. The van der Waals surface area contributed by atoms with E-state index in [1.165, 1.54) is 0 Å². The Morgan fingerprint density at radius 3 is 2.95 bits per heavy atom. The van der Waals surface area contributed by atoms with Crippen LogP contribution < -0.4 is 10.2 Å². The van der Waals surface area contributed by atoms with Gasteiger partial charge in [0.1, 0.15) is 0 Å². The Morgan fingerprint density at radius 1 is 1.40 bits per heavy atom. The van der Waals surface area contributed by atoms with Gasteiger partial charge in [0.2, 0.25) is 5.95 Å². The topological polar surface area (TPSA) is 75.9 Å². The number of hydrogen-bond acceptors (Lipinski definition) is 5. The summed E-state index contributed by atoms with van der Waals surface area (Å²) in [6.45, 7) is 1.70. The molecule has 0 saturated carbocycles. The molecule has 1 amide bonds. The fraction of sp³-hybridized carbons (Fsp3) is 0.385. The predicted octanol–water partition coefficient (Wildman–Crippen LogP) is 0.484. The zero-order valence-electron chi connectivity index (χ0n) is 11.2. The van der Waals surface area contributed by atoms with Crippen LogP contribution in [0.1, 0.15) is 22.8 Å². The zero-order valence-corrected chi connectivity index (χ0v) is 11.2. The molecule has 1 atom stereocenters. The van der Waals surface area contributed by atoms with Crippen molar-refractivity contribution in [2.75, 3.05) is 25.0 Å². The second-order valence-corrected chi connectivity index (χ2v) is 4.73. The van der Waals surface area contributed by atoms with Gasteiger partial charge in [0, 0.05) is 38.7 Å². The molecule has 1 aliphatic heterocycles. The number of anilines is 1. The van der Waals surface area contributed by atoms with Gasteiger partial charge in [-0.2, -0.15) is 5.10 Å². The molecule has 1 unspecified atom stereocenters. The van der Waals surface area contributed by atoms with Crippen LogP contribution in [0.3, 0.4) is 0 Å². The highest BCUT2D eigenvalue weighted by atomic mass is 16.1. The maximum Gasteiger partial charge on any atom is 0.254 e. The van der Waals surface area contributed by atoms with Crippen LogP contribution in [0.2, 0.25) is 0 Å². The van der Waals surface area contributed by atoms with E-state index < -0.39 is 0 Å². The number of aromatic nitrogens is 4. The molecular formula is C13H16N6O. The lowest BCUT2D eigenvalue weighted by atomic mass is 10.2. The fourth-order valence-electron chi connectivity index (χ4n) is 2.39. The summed E-state index contributed by atoms with van der Waals surface area (Å²) in [6, 6.07) is 2.05. The van der Waals surface area contributed by atoms with Crippen molar-refractivity contribution in [1.82, 2.24) is 25.1 Å². The monoisotopic (exact) mass is 272 g/mol. The van der Waals surface area contributed by atoms with Gasteiger partial charge >= 0.3 is 0 Å². The molecule has 1 N–H and O–H groups in total. The molecule has 0 spiro atoms. The smallest absolute Gasteiger partial charge is 0.254 e. The van der Waals surface area contributed by atoms with Crippen molar-refractivity contribution >= 4 is 11.9 Å². The molecule has 104 valence electrons. The molecular weight excluding hydrogens is 256 g/mol. The second-order valence-electron chi connectivity index (χ2n) is 4.73. The molecule has 7 nitrogen and oxygen atoms in total. The van der Waals surface area contributed by atoms with Crippen LogP contribution in [0.15, 0.2) is 30.9 Å². The number of hydrogen-bond donors (Lipinski definition) is 1. The normalized spacial score (nSPS) is 18.2. The molecule has 20 heavy (non-hydrogen) atoms. The lowest BCUT2D eigenvalue weighted by Crippen LogP contribution is -2.23. The predicted molar refractivity (Wildman–Crippen MR) is 73.5 cm³/mol. The summed E-state index contributed by atoms with van der Waals surface area (Å²) in [5, 5.41) is 6.88. The highest BCUT2D eigenvalue weighted by Gasteiger charge is 2.26. The summed E-state index contributed by atoms with van der Waals surface area (Å²) >= 11 is 0. The highest BCUT2D eigenvalue weighted by Crippen LogP contribution is 2.23. The highest BCUT2D eigenvalue weighted by molar-refractivity contribution is 5.93. The van der Waals surface area contributed by atoms with Crippen LogP contribution in [0.5, 0.6) is 0 Å². The van der Waals surface area contributed by atoms with Crippen LogP contribution in [0.4, 0.5) is 5.95 Å². The SMILES string of the molecule is CNC(=O)c1cnn(C2CCN(c3ncccn3)C2)c1. The molecule has 1 saturated heterocycles. The molecule has 0 bridgehead atoms. The Morgan fingerprint density at radius 2 is 2.20 bits per heavy atom. The lowest BCUT2D eigenvalue weighted by molar-refractivity contribution is 0.0963. The number of rotatable bonds is 3. The van der Waals surface area contributed by atoms with E-state index in [1.54, 1.807) is 37.9 Å². The third-order valence-corrected chi connectivity index (χ3v) is 3.46. The Bertz CT molecular complexity index is 596. The second kappa shape index (κ2) is 5.28. The molecule has 2 aromatic heterocycles. The Kier molecular flexibility index (Phi) is 3.32. The van der Waals surface area contributed by atoms with Crippen molar-refractivity contribution in [2.45, 2.75) is 12.5 Å².